The van der Waals surface area contributed by atoms with Crippen LogP contribution in [0.3, 0.4) is 0 Å². The molecule has 0 aromatic carbocycles. The molecule has 4 heteroatoms. The molecule has 2 aliphatic heterocycles. The Hall–Kier alpha value is -0.610. The summed E-state index contributed by atoms with van der Waals surface area (Å²) in [5, 5.41) is 3.39. The first-order valence-electron chi connectivity index (χ1n) is 6.76. The van der Waals surface area contributed by atoms with Crippen LogP contribution >= 0.6 is 0 Å². The fraction of sp³-hybridized carbons (Fsp3) is 0.923. The van der Waals surface area contributed by atoms with Gasteiger partial charge in [0.15, 0.2) is 0 Å². The van der Waals surface area contributed by atoms with E-state index in [0.717, 1.165) is 39.1 Å². The summed E-state index contributed by atoms with van der Waals surface area (Å²) >= 11 is 0. The number of carbonyl (C=O) groups is 1. The Morgan fingerprint density at radius 2 is 2.35 bits per heavy atom. The maximum Gasteiger partial charge on any atom is 0.248 e. The van der Waals surface area contributed by atoms with Crippen LogP contribution in [-0.2, 0) is 9.53 Å². The van der Waals surface area contributed by atoms with Gasteiger partial charge in [-0.15, -0.1) is 0 Å². The zero-order chi connectivity index (χ0) is 12.3. The van der Waals surface area contributed by atoms with E-state index >= 15 is 0 Å². The molecule has 0 aromatic heterocycles. The van der Waals surface area contributed by atoms with Gasteiger partial charge in [0.1, 0.15) is 6.61 Å². The highest BCUT2D eigenvalue weighted by atomic mass is 16.5. The third-order valence-electron chi connectivity index (χ3n) is 3.79. The third kappa shape index (κ3) is 3.19. The molecule has 0 radical (unpaired) electrons. The number of amides is 1. The van der Waals surface area contributed by atoms with E-state index in [4.69, 9.17) is 4.74 Å². The lowest BCUT2D eigenvalue weighted by Crippen LogP contribution is -2.52. The molecular formula is C13H24N2O2. The molecule has 4 nitrogen and oxygen atoms in total. The molecule has 2 atom stereocenters. The van der Waals surface area contributed by atoms with Gasteiger partial charge >= 0.3 is 0 Å². The normalized spacial score (nSPS) is 30.3. The molecule has 0 spiro atoms. The molecule has 1 amide bonds. The minimum Gasteiger partial charge on any atom is -0.371 e. The van der Waals surface area contributed by atoms with Gasteiger partial charge in [0, 0.05) is 25.0 Å². The SMILES string of the molecule is CC(C)CCN1C(=O)COC[C@@H]2CNCC[C@H]21. The largest absolute Gasteiger partial charge is 0.371 e. The maximum atomic E-state index is 12.1. The molecular weight excluding hydrogens is 216 g/mol. The molecule has 0 aromatic rings. The van der Waals surface area contributed by atoms with Gasteiger partial charge in [0.25, 0.3) is 0 Å². The molecule has 0 saturated carbocycles. The summed E-state index contributed by atoms with van der Waals surface area (Å²) in [5.41, 5.74) is 0. The van der Waals surface area contributed by atoms with Crippen molar-refractivity contribution >= 4 is 5.91 Å². The minimum atomic E-state index is 0.181. The molecule has 2 rings (SSSR count). The van der Waals surface area contributed by atoms with Gasteiger partial charge in [-0.1, -0.05) is 13.8 Å². The van der Waals surface area contributed by atoms with Crippen molar-refractivity contribution in [3.63, 3.8) is 0 Å². The number of nitrogens with zero attached hydrogens (tertiary/aromatic N) is 1. The van der Waals surface area contributed by atoms with Crippen LogP contribution in [-0.4, -0.2) is 49.7 Å². The number of fused-ring (bicyclic) bond motifs is 1. The molecule has 2 aliphatic rings. The Bertz CT molecular complexity index is 268. The number of carbonyl (C=O) groups excluding carboxylic acids is 1. The first-order chi connectivity index (χ1) is 8.18. The fourth-order valence-electron chi connectivity index (χ4n) is 2.74. The Morgan fingerprint density at radius 3 is 3.12 bits per heavy atom. The van der Waals surface area contributed by atoms with Crippen LogP contribution in [0.4, 0.5) is 0 Å². The van der Waals surface area contributed by atoms with Crippen molar-refractivity contribution in [2.45, 2.75) is 32.7 Å². The second kappa shape index (κ2) is 5.83. The van der Waals surface area contributed by atoms with Crippen LogP contribution in [0.15, 0.2) is 0 Å². The van der Waals surface area contributed by atoms with Crippen LogP contribution < -0.4 is 5.32 Å². The van der Waals surface area contributed by atoms with Gasteiger partial charge in [-0.2, -0.15) is 0 Å². The predicted octanol–water partition coefficient (Wildman–Crippen LogP) is 0.869. The third-order valence-corrected chi connectivity index (χ3v) is 3.79. The topological polar surface area (TPSA) is 41.6 Å². The molecule has 17 heavy (non-hydrogen) atoms. The summed E-state index contributed by atoms with van der Waals surface area (Å²) in [6.45, 7) is 8.30. The zero-order valence-electron chi connectivity index (χ0n) is 10.9. The summed E-state index contributed by atoms with van der Waals surface area (Å²) in [5.74, 6) is 1.30. The Balaban J connectivity index is 2.03. The molecule has 0 bridgehead atoms. The summed E-state index contributed by atoms with van der Waals surface area (Å²) in [7, 11) is 0. The second-order valence-electron chi connectivity index (χ2n) is 5.61. The van der Waals surface area contributed by atoms with Crippen molar-refractivity contribution in [1.29, 1.82) is 0 Å². The molecule has 0 unspecified atom stereocenters. The van der Waals surface area contributed by atoms with E-state index in [-0.39, 0.29) is 12.5 Å². The lowest BCUT2D eigenvalue weighted by Gasteiger charge is -2.38. The monoisotopic (exact) mass is 240 g/mol. The molecule has 2 fully saturated rings. The van der Waals surface area contributed by atoms with E-state index in [2.05, 4.69) is 24.1 Å². The van der Waals surface area contributed by atoms with Crippen LogP contribution in [0.2, 0.25) is 0 Å². The van der Waals surface area contributed by atoms with E-state index in [1.807, 2.05) is 0 Å². The van der Waals surface area contributed by atoms with Crippen LogP contribution in [0.1, 0.15) is 26.7 Å². The lowest BCUT2D eigenvalue weighted by molar-refractivity contribution is -0.136. The zero-order valence-corrected chi connectivity index (χ0v) is 10.9. The highest BCUT2D eigenvalue weighted by molar-refractivity contribution is 5.78. The van der Waals surface area contributed by atoms with Crippen molar-refractivity contribution in [3.05, 3.63) is 0 Å². The smallest absolute Gasteiger partial charge is 0.248 e. The van der Waals surface area contributed by atoms with Crippen molar-refractivity contribution in [2.24, 2.45) is 11.8 Å². The molecule has 1 N–H and O–H groups in total. The predicted molar refractivity (Wildman–Crippen MR) is 66.8 cm³/mol. The summed E-state index contributed by atoms with van der Waals surface area (Å²) < 4.78 is 5.48. The molecule has 2 saturated heterocycles. The highest BCUT2D eigenvalue weighted by Crippen LogP contribution is 2.22. The van der Waals surface area contributed by atoms with Gasteiger partial charge < -0.3 is 15.0 Å². The summed E-state index contributed by atoms with van der Waals surface area (Å²) in [4.78, 5) is 14.1. The van der Waals surface area contributed by atoms with Crippen LogP contribution in [0, 0.1) is 11.8 Å². The standard InChI is InChI=1S/C13H24N2O2/c1-10(2)4-6-15-12-3-5-14-7-11(12)8-17-9-13(15)16/h10-12,14H,3-9H2,1-2H3/t11-,12+/m0/s1. The van der Waals surface area contributed by atoms with Crippen molar-refractivity contribution in [1.82, 2.24) is 10.2 Å². The Morgan fingerprint density at radius 1 is 1.53 bits per heavy atom. The number of nitrogens with one attached hydrogen (secondary N) is 1. The van der Waals surface area contributed by atoms with E-state index < -0.39 is 0 Å². The van der Waals surface area contributed by atoms with Gasteiger partial charge in [-0.05, 0) is 25.3 Å². The number of hydrogen-bond acceptors (Lipinski definition) is 3. The van der Waals surface area contributed by atoms with E-state index in [1.54, 1.807) is 0 Å². The van der Waals surface area contributed by atoms with E-state index in [1.165, 1.54) is 0 Å². The van der Waals surface area contributed by atoms with Gasteiger partial charge in [0.2, 0.25) is 5.91 Å². The summed E-state index contributed by atoms with van der Waals surface area (Å²) in [6.07, 6.45) is 2.15. The average Bonchev–Trinajstić information content (AvgIpc) is 2.45. The van der Waals surface area contributed by atoms with Crippen LogP contribution in [0.25, 0.3) is 0 Å². The molecule has 0 aliphatic carbocycles. The first kappa shape index (κ1) is 12.8. The minimum absolute atomic E-state index is 0.181. The van der Waals surface area contributed by atoms with E-state index in [0.29, 0.717) is 17.9 Å². The number of rotatable bonds is 3. The average molecular weight is 240 g/mol. The fourth-order valence-corrected chi connectivity index (χ4v) is 2.74. The van der Waals surface area contributed by atoms with E-state index in [9.17, 15) is 4.79 Å². The Kier molecular flexibility index (Phi) is 4.40. The van der Waals surface area contributed by atoms with Crippen molar-refractivity contribution < 1.29 is 9.53 Å². The maximum absolute atomic E-state index is 12.1. The van der Waals surface area contributed by atoms with Gasteiger partial charge in [0.05, 0.1) is 6.61 Å². The van der Waals surface area contributed by atoms with Gasteiger partial charge in [-0.25, -0.2) is 0 Å². The Labute approximate surface area is 104 Å². The first-order valence-corrected chi connectivity index (χ1v) is 6.76. The highest BCUT2D eigenvalue weighted by Gasteiger charge is 2.35. The van der Waals surface area contributed by atoms with Gasteiger partial charge in [-0.3, -0.25) is 4.79 Å². The van der Waals surface area contributed by atoms with Crippen molar-refractivity contribution in [3.8, 4) is 0 Å². The summed E-state index contributed by atoms with van der Waals surface area (Å²) in [6, 6.07) is 0.394. The lowest BCUT2D eigenvalue weighted by atomic mass is 9.92. The number of hydrogen-bond donors (Lipinski definition) is 1. The molecule has 2 heterocycles. The quantitative estimate of drug-likeness (QED) is 0.796. The number of piperidine rings is 1. The van der Waals surface area contributed by atoms with Crippen LogP contribution in [0.5, 0.6) is 0 Å². The van der Waals surface area contributed by atoms with Crippen molar-refractivity contribution in [2.75, 3.05) is 32.8 Å². The molecule has 98 valence electrons. The second-order valence-corrected chi connectivity index (χ2v) is 5.61. The number of ether oxygens (including phenoxy) is 1.